The van der Waals surface area contributed by atoms with Gasteiger partial charge in [-0.05, 0) is 58.5 Å². The van der Waals surface area contributed by atoms with Gasteiger partial charge < -0.3 is 25.0 Å². The van der Waals surface area contributed by atoms with Gasteiger partial charge in [-0.15, -0.1) is 11.8 Å². The fourth-order valence-electron chi connectivity index (χ4n) is 5.34. The first-order chi connectivity index (χ1) is 23.3. The summed E-state index contributed by atoms with van der Waals surface area (Å²) in [7, 11) is 0. The summed E-state index contributed by atoms with van der Waals surface area (Å²) in [5, 5.41) is 31.0. The maximum atomic E-state index is 12.2. The van der Waals surface area contributed by atoms with Crippen molar-refractivity contribution < 1.29 is 39.3 Å². The predicted molar refractivity (Wildman–Crippen MR) is 178 cm³/mol. The average molecular weight is 672 g/mol. The van der Waals surface area contributed by atoms with E-state index in [9.17, 15) is 24.6 Å². The summed E-state index contributed by atoms with van der Waals surface area (Å²) < 4.78 is 13.0. The van der Waals surface area contributed by atoms with E-state index in [2.05, 4.69) is 10.3 Å². The number of hydrogen-bond acceptors (Lipinski definition) is 9. The number of carbonyl (C=O) groups is 3. The zero-order valence-electron chi connectivity index (χ0n) is 26.1. The van der Waals surface area contributed by atoms with E-state index in [1.165, 1.54) is 17.8 Å². The summed E-state index contributed by atoms with van der Waals surface area (Å²) in [6, 6.07) is 26.5. The number of thioether (sulfide) groups is 1. The van der Waals surface area contributed by atoms with Gasteiger partial charge >= 0.3 is 5.97 Å². The minimum atomic E-state index is -1.04. The molecule has 3 atom stereocenters. The van der Waals surface area contributed by atoms with E-state index < -0.39 is 18.2 Å². The number of aromatic nitrogens is 1. The van der Waals surface area contributed by atoms with Crippen molar-refractivity contribution in [2.24, 2.45) is 0 Å². The molecule has 1 fully saturated rings. The van der Waals surface area contributed by atoms with Crippen molar-refractivity contribution in [3.63, 3.8) is 0 Å². The number of aliphatic hydroxyl groups excluding tert-OH is 1. The monoisotopic (exact) mass is 671 g/mol. The largest absolute Gasteiger partial charge is 0.478 e. The van der Waals surface area contributed by atoms with E-state index in [0.29, 0.717) is 30.2 Å². The number of hydroxylamine groups is 1. The van der Waals surface area contributed by atoms with Crippen LogP contribution in [0.4, 0.5) is 0 Å². The van der Waals surface area contributed by atoms with Crippen molar-refractivity contribution in [3.8, 4) is 11.1 Å². The van der Waals surface area contributed by atoms with Crippen LogP contribution in [-0.2, 0) is 32.2 Å². The molecule has 2 amide bonds. The second-order valence-electron chi connectivity index (χ2n) is 11.3. The molecule has 0 radical (unpaired) electrons. The van der Waals surface area contributed by atoms with Crippen molar-refractivity contribution in [2.45, 2.75) is 62.4 Å². The van der Waals surface area contributed by atoms with Gasteiger partial charge in [-0.3, -0.25) is 14.8 Å². The predicted octanol–water partition coefficient (Wildman–Crippen LogP) is 5.57. The Labute approximate surface area is 282 Å². The highest BCUT2D eigenvalue weighted by Gasteiger charge is 2.33. The van der Waals surface area contributed by atoms with Crippen LogP contribution in [0.15, 0.2) is 96.2 Å². The molecule has 5 rings (SSSR count). The van der Waals surface area contributed by atoms with Crippen LogP contribution in [0.5, 0.6) is 0 Å². The number of carboxylic acid groups (broad SMARTS) is 1. The highest BCUT2D eigenvalue weighted by Crippen LogP contribution is 2.40. The quantitative estimate of drug-likeness (QED) is 0.0650. The molecule has 4 aromatic rings. The van der Waals surface area contributed by atoms with Crippen molar-refractivity contribution in [2.75, 3.05) is 5.75 Å². The van der Waals surface area contributed by atoms with E-state index in [0.717, 1.165) is 33.4 Å². The number of ether oxygens (including phenoxy) is 2. The standard InChI is InChI=1S/C36H37N3O8S/c40-21-23-12-14-25(15-13-23)31-19-29(22-48-34-30(35(43)44)9-4-16-37-34)46-36(47-31)28-8-2-7-27(18-28)26-6-1-5-24(17-26)20-38-32(41)10-3-11-33(42)39-45/h1-2,4-9,12-18,29,31,36,40,45H,3,10-11,19-22H2,(H,38,41)(H,39,42)(H,43,44)/t29-,31+,36+/m1/s1. The first-order valence-corrected chi connectivity index (χ1v) is 16.5. The number of amides is 2. The number of rotatable bonds is 14. The van der Waals surface area contributed by atoms with Gasteiger partial charge in [0.1, 0.15) is 5.03 Å². The molecule has 0 aliphatic carbocycles. The van der Waals surface area contributed by atoms with E-state index in [-0.39, 0.29) is 43.1 Å². The summed E-state index contributed by atoms with van der Waals surface area (Å²) in [5.41, 5.74) is 7.04. The first-order valence-electron chi connectivity index (χ1n) is 15.5. The molecular weight excluding hydrogens is 634 g/mol. The van der Waals surface area contributed by atoms with Crippen LogP contribution >= 0.6 is 11.8 Å². The molecule has 5 N–H and O–H groups in total. The van der Waals surface area contributed by atoms with Crippen LogP contribution in [0.2, 0.25) is 0 Å². The van der Waals surface area contributed by atoms with Crippen molar-refractivity contribution in [1.82, 2.24) is 15.8 Å². The fraction of sp³-hybridized carbons (Fsp3) is 0.278. The van der Waals surface area contributed by atoms with E-state index >= 15 is 0 Å². The van der Waals surface area contributed by atoms with Crippen LogP contribution in [0.3, 0.4) is 0 Å². The molecule has 3 aromatic carbocycles. The summed E-state index contributed by atoms with van der Waals surface area (Å²) in [6.07, 6.45) is 1.39. The number of nitrogens with one attached hydrogen (secondary N) is 2. The summed E-state index contributed by atoms with van der Waals surface area (Å²) in [5.74, 6) is -1.28. The third-order valence-corrected chi connectivity index (χ3v) is 9.00. The number of nitrogens with zero attached hydrogens (tertiary/aromatic N) is 1. The van der Waals surface area contributed by atoms with Gasteiger partial charge in [0, 0.05) is 43.3 Å². The Morgan fingerprint density at radius 3 is 2.35 bits per heavy atom. The fourth-order valence-corrected chi connectivity index (χ4v) is 6.35. The van der Waals surface area contributed by atoms with Crippen LogP contribution in [0.1, 0.15) is 70.7 Å². The molecule has 1 aliphatic heterocycles. The maximum absolute atomic E-state index is 12.2. The Morgan fingerprint density at radius 2 is 1.60 bits per heavy atom. The number of pyridine rings is 1. The molecule has 48 heavy (non-hydrogen) atoms. The topological polar surface area (TPSA) is 167 Å². The molecule has 1 saturated heterocycles. The molecule has 11 nitrogen and oxygen atoms in total. The molecule has 12 heteroatoms. The van der Waals surface area contributed by atoms with E-state index in [4.69, 9.17) is 14.7 Å². The second kappa shape index (κ2) is 17.0. The average Bonchev–Trinajstić information content (AvgIpc) is 3.13. The zero-order chi connectivity index (χ0) is 33.9. The second-order valence-corrected chi connectivity index (χ2v) is 12.3. The lowest BCUT2D eigenvalue weighted by atomic mass is 9.99. The maximum Gasteiger partial charge on any atom is 0.338 e. The van der Waals surface area contributed by atoms with Crippen LogP contribution in [-0.4, -0.2) is 50.0 Å². The summed E-state index contributed by atoms with van der Waals surface area (Å²) >= 11 is 1.33. The molecular formula is C36H37N3O8S. The van der Waals surface area contributed by atoms with Crippen LogP contribution in [0, 0.1) is 0 Å². The zero-order valence-corrected chi connectivity index (χ0v) is 26.9. The normalized spacial score (nSPS) is 17.4. The van der Waals surface area contributed by atoms with Crippen molar-refractivity contribution in [3.05, 3.63) is 119 Å². The number of hydrogen-bond donors (Lipinski definition) is 5. The minimum Gasteiger partial charge on any atom is -0.478 e. The molecule has 0 bridgehead atoms. The SMILES string of the molecule is O=C(CCCC(=O)NCc1cccc(-c2cccc([C@H]3O[C@@H](CSc4ncccc4C(=O)O)C[C@@H](c4ccc(CO)cc4)O3)c2)c1)NO. The van der Waals surface area contributed by atoms with Crippen molar-refractivity contribution in [1.29, 1.82) is 0 Å². The molecule has 0 spiro atoms. The number of carboxylic acids is 1. The molecule has 0 saturated carbocycles. The van der Waals surface area contributed by atoms with Gasteiger partial charge in [0.15, 0.2) is 6.29 Å². The number of benzene rings is 3. The third kappa shape index (κ3) is 9.49. The van der Waals surface area contributed by atoms with Gasteiger partial charge in [-0.2, -0.15) is 0 Å². The van der Waals surface area contributed by atoms with E-state index in [1.54, 1.807) is 17.7 Å². The van der Waals surface area contributed by atoms with Crippen molar-refractivity contribution >= 4 is 29.5 Å². The molecule has 1 aliphatic rings. The lowest BCUT2D eigenvalue weighted by Crippen LogP contribution is -2.31. The molecule has 0 unspecified atom stereocenters. The first kappa shape index (κ1) is 34.7. The van der Waals surface area contributed by atoms with Gasteiger partial charge in [-0.25, -0.2) is 15.3 Å². The minimum absolute atomic E-state index is 0.0569. The number of aromatic carboxylic acids is 1. The Kier molecular flexibility index (Phi) is 12.3. The Hall–Kier alpha value is -4.59. The highest BCUT2D eigenvalue weighted by atomic mass is 32.2. The lowest BCUT2D eigenvalue weighted by Gasteiger charge is -2.36. The molecule has 250 valence electrons. The molecule has 1 aromatic heterocycles. The number of aliphatic hydroxyl groups is 1. The number of carbonyl (C=O) groups excluding carboxylic acids is 2. The Balaban J connectivity index is 1.31. The van der Waals surface area contributed by atoms with Gasteiger partial charge in [-0.1, -0.05) is 60.7 Å². The smallest absolute Gasteiger partial charge is 0.338 e. The highest BCUT2D eigenvalue weighted by molar-refractivity contribution is 7.99. The van der Waals surface area contributed by atoms with Crippen LogP contribution < -0.4 is 10.8 Å². The lowest BCUT2D eigenvalue weighted by molar-refractivity contribution is -0.245. The Morgan fingerprint density at radius 1 is 0.854 bits per heavy atom. The molecule has 2 heterocycles. The van der Waals surface area contributed by atoms with E-state index in [1.807, 2.05) is 72.8 Å². The summed E-state index contributed by atoms with van der Waals surface area (Å²) in [4.78, 5) is 39.4. The Bertz CT molecular complexity index is 1720. The van der Waals surface area contributed by atoms with Gasteiger partial charge in [0.2, 0.25) is 11.8 Å². The summed E-state index contributed by atoms with van der Waals surface area (Å²) in [6.45, 7) is 0.266. The van der Waals surface area contributed by atoms with Crippen LogP contribution in [0.25, 0.3) is 11.1 Å². The third-order valence-electron chi connectivity index (χ3n) is 7.86. The van der Waals surface area contributed by atoms with Gasteiger partial charge in [0.25, 0.3) is 0 Å². The van der Waals surface area contributed by atoms with Gasteiger partial charge in [0.05, 0.1) is 24.4 Å².